The predicted molar refractivity (Wildman–Crippen MR) is 111 cm³/mol. The number of aryl methyl sites for hydroxylation is 1. The maximum Gasteiger partial charge on any atom is 0.152 e. The van der Waals surface area contributed by atoms with E-state index in [0.29, 0.717) is 15.9 Å². The average Bonchev–Trinajstić information content (AvgIpc) is 2.89. The third-order valence-corrected chi connectivity index (χ3v) is 4.75. The molecule has 1 aromatic heterocycles. The minimum absolute atomic E-state index is 0.339. The standard InChI is InChI=1S/C19H20Cl2N6/c1-11-12(2)27(19(24-11)16-9-6-14(20)10-17(16)21)15-7-4-13(5-8-15)18(22)25-26(3)23/h4-10H,23H2,1-3H3,(H2,22,25). The van der Waals surface area contributed by atoms with E-state index < -0.39 is 0 Å². The van der Waals surface area contributed by atoms with Gasteiger partial charge in [-0.05, 0) is 56.3 Å². The minimum atomic E-state index is 0.339. The highest BCUT2D eigenvalue weighted by molar-refractivity contribution is 6.36. The lowest BCUT2D eigenvalue weighted by Crippen LogP contribution is -2.25. The summed E-state index contributed by atoms with van der Waals surface area (Å²) < 4.78 is 2.05. The topological polar surface area (TPSA) is 85.5 Å². The molecule has 0 saturated carbocycles. The van der Waals surface area contributed by atoms with Crippen molar-refractivity contribution in [1.82, 2.24) is 14.7 Å². The highest BCUT2D eigenvalue weighted by Crippen LogP contribution is 2.33. The van der Waals surface area contributed by atoms with E-state index in [-0.39, 0.29) is 0 Å². The number of aromatic nitrogens is 2. The third kappa shape index (κ3) is 3.93. The molecule has 3 aromatic rings. The Kier molecular flexibility index (Phi) is 5.41. The highest BCUT2D eigenvalue weighted by Gasteiger charge is 2.17. The molecule has 0 fully saturated rings. The van der Waals surface area contributed by atoms with Crippen LogP contribution in [-0.4, -0.2) is 27.6 Å². The smallest absolute Gasteiger partial charge is 0.152 e. The molecule has 0 spiro atoms. The number of nitrogens with two attached hydrogens (primary N) is 2. The maximum absolute atomic E-state index is 6.41. The third-order valence-electron chi connectivity index (χ3n) is 4.20. The van der Waals surface area contributed by atoms with Gasteiger partial charge in [-0.25, -0.2) is 15.9 Å². The summed E-state index contributed by atoms with van der Waals surface area (Å²) in [5.41, 5.74) is 10.4. The molecular formula is C19H20Cl2N6. The Bertz CT molecular complexity index is 1010. The molecule has 2 aromatic carbocycles. The van der Waals surface area contributed by atoms with E-state index in [4.69, 9.17) is 39.8 Å². The number of imidazole rings is 1. The number of halogens is 2. The van der Waals surface area contributed by atoms with Gasteiger partial charge in [0.05, 0.1) is 10.7 Å². The van der Waals surface area contributed by atoms with Gasteiger partial charge < -0.3 is 5.73 Å². The summed E-state index contributed by atoms with van der Waals surface area (Å²) in [6.45, 7) is 3.98. The van der Waals surface area contributed by atoms with E-state index in [1.165, 1.54) is 5.12 Å². The van der Waals surface area contributed by atoms with Crippen LogP contribution in [-0.2, 0) is 0 Å². The zero-order valence-electron chi connectivity index (χ0n) is 15.2. The summed E-state index contributed by atoms with van der Waals surface area (Å²) in [7, 11) is 1.61. The maximum atomic E-state index is 6.41. The second kappa shape index (κ2) is 7.60. The lowest BCUT2D eigenvalue weighted by atomic mass is 10.1. The fourth-order valence-electron chi connectivity index (χ4n) is 2.79. The molecule has 0 aliphatic carbocycles. The molecule has 140 valence electrons. The Morgan fingerprint density at radius 1 is 1.11 bits per heavy atom. The summed E-state index contributed by atoms with van der Waals surface area (Å²) in [4.78, 5) is 4.71. The van der Waals surface area contributed by atoms with Crippen molar-refractivity contribution in [1.29, 1.82) is 0 Å². The van der Waals surface area contributed by atoms with Crippen LogP contribution in [0.15, 0.2) is 47.6 Å². The molecule has 0 aliphatic rings. The van der Waals surface area contributed by atoms with E-state index in [1.54, 1.807) is 19.2 Å². The zero-order valence-corrected chi connectivity index (χ0v) is 16.8. The Hall–Kier alpha value is -2.54. The van der Waals surface area contributed by atoms with Crippen molar-refractivity contribution < 1.29 is 0 Å². The number of hydrazine groups is 1. The first-order valence-corrected chi connectivity index (χ1v) is 8.98. The molecule has 3 rings (SSSR count). The molecule has 0 radical (unpaired) electrons. The number of rotatable bonds is 4. The normalized spacial score (nSPS) is 11.7. The van der Waals surface area contributed by atoms with Crippen LogP contribution < -0.4 is 11.6 Å². The molecule has 27 heavy (non-hydrogen) atoms. The monoisotopic (exact) mass is 402 g/mol. The van der Waals surface area contributed by atoms with Gasteiger partial charge in [-0.15, -0.1) is 5.10 Å². The fourth-order valence-corrected chi connectivity index (χ4v) is 3.28. The van der Waals surface area contributed by atoms with Crippen LogP contribution in [0.3, 0.4) is 0 Å². The molecule has 6 nitrogen and oxygen atoms in total. The molecular weight excluding hydrogens is 383 g/mol. The number of benzene rings is 2. The Morgan fingerprint density at radius 2 is 1.78 bits per heavy atom. The van der Waals surface area contributed by atoms with Crippen LogP contribution in [0, 0.1) is 13.8 Å². The predicted octanol–water partition coefficient (Wildman–Crippen LogP) is 3.89. The van der Waals surface area contributed by atoms with Gasteiger partial charge in [0.25, 0.3) is 0 Å². The molecule has 0 atom stereocenters. The van der Waals surface area contributed by atoms with Crippen molar-refractivity contribution >= 4 is 29.0 Å². The second-order valence-electron chi connectivity index (χ2n) is 6.17. The minimum Gasteiger partial charge on any atom is -0.382 e. The van der Waals surface area contributed by atoms with Gasteiger partial charge >= 0.3 is 0 Å². The van der Waals surface area contributed by atoms with Crippen LogP contribution in [0.1, 0.15) is 17.0 Å². The highest BCUT2D eigenvalue weighted by atomic mass is 35.5. The summed E-state index contributed by atoms with van der Waals surface area (Å²) >= 11 is 12.4. The number of nitrogens with zero attached hydrogens (tertiary/aromatic N) is 4. The fraction of sp³-hybridized carbons (Fsp3) is 0.158. The van der Waals surface area contributed by atoms with Gasteiger partial charge in [0.1, 0.15) is 5.82 Å². The number of amidine groups is 1. The molecule has 0 amide bonds. The molecule has 0 saturated heterocycles. The number of hydrogen-bond acceptors (Lipinski definition) is 4. The van der Waals surface area contributed by atoms with Crippen molar-refractivity contribution in [2.24, 2.45) is 16.7 Å². The quantitative estimate of drug-likeness (QED) is 0.300. The molecule has 4 N–H and O–H groups in total. The van der Waals surface area contributed by atoms with Gasteiger partial charge in [0.2, 0.25) is 0 Å². The van der Waals surface area contributed by atoms with Crippen molar-refractivity contribution in [3.05, 3.63) is 69.5 Å². The van der Waals surface area contributed by atoms with Crippen LogP contribution in [0.4, 0.5) is 0 Å². The molecule has 8 heteroatoms. The Balaban J connectivity index is 2.10. The summed E-state index contributed by atoms with van der Waals surface area (Å²) in [5, 5.41) is 6.32. The molecule has 0 bridgehead atoms. The Labute approximate surface area is 168 Å². The van der Waals surface area contributed by atoms with Crippen LogP contribution in [0.2, 0.25) is 10.0 Å². The van der Waals surface area contributed by atoms with Gasteiger partial charge in [-0.3, -0.25) is 4.57 Å². The molecule has 0 aliphatic heterocycles. The first-order valence-electron chi connectivity index (χ1n) is 8.22. The van der Waals surface area contributed by atoms with E-state index in [1.807, 2.05) is 44.2 Å². The van der Waals surface area contributed by atoms with Crippen LogP contribution >= 0.6 is 23.2 Å². The SMILES string of the molecule is Cc1nc(-c2ccc(Cl)cc2Cl)n(-c2ccc(/C(N)=N/N(C)N)cc2)c1C. The summed E-state index contributed by atoms with van der Waals surface area (Å²) in [6.07, 6.45) is 0. The van der Waals surface area contributed by atoms with Crippen molar-refractivity contribution in [2.45, 2.75) is 13.8 Å². The van der Waals surface area contributed by atoms with Gasteiger partial charge in [0, 0.05) is 34.6 Å². The van der Waals surface area contributed by atoms with Crippen molar-refractivity contribution in [2.75, 3.05) is 7.05 Å². The molecule has 0 unspecified atom stereocenters. The van der Waals surface area contributed by atoms with E-state index >= 15 is 0 Å². The van der Waals surface area contributed by atoms with E-state index in [2.05, 4.69) is 9.67 Å². The lowest BCUT2D eigenvalue weighted by molar-refractivity contribution is 0.371. The van der Waals surface area contributed by atoms with Gasteiger partial charge in [-0.2, -0.15) is 0 Å². The Morgan fingerprint density at radius 3 is 2.37 bits per heavy atom. The van der Waals surface area contributed by atoms with Crippen molar-refractivity contribution in [3.8, 4) is 17.1 Å². The zero-order chi connectivity index (χ0) is 19.7. The van der Waals surface area contributed by atoms with E-state index in [9.17, 15) is 0 Å². The first-order chi connectivity index (χ1) is 12.8. The number of hydrogen-bond donors (Lipinski definition) is 2. The first kappa shape index (κ1) is 19.2. The lowest BCUT2D eigenvalue weighted by Gasteiger charge is -2.13. The van der Waals surface area contributed by atoms with Gasteiger partial charge in [-0.1, -0.05) is 23.2 Å². The molecule has 1 heterocycles. The number of hydrazone groups is 1. The van der Waals surface area contributed by atoms with Crippen LogP contribution in [0.5, 0.6) is 0 Å². The largest absolute Gasteiger partial charge is 0.382 e. The second-order valence-corrected chi connectivity index (χ2v) is 7.02. The summed E-state index contributed by atoms with van der Waals surface area (Å²) in [6, 6.07) is 13.1. The van der Waals surface area contributed by atoms with E-state index in [0.717, 1.165) is 34.0 Å². The van der Waals surface area contributed by atoms with Crippen molar-refractivity contribution in [3.63, 3.8) is 0 Å². The average molecular weight is 403 g/mol. The summed E-state index contributed by atoms with van der Waals surface area (Å²) in [5.74, 6) is 6.61. The van der Waals surface area contributed by atoms with Gasteiger partial charge in [0.15, 0.2) is 5.84 Å². The van der Waals surface area contributed by atoms with Crippen LogP contribution in [0.25, 0.3) is 17.1 Å².